The van der Waals surface area contributed by atoms with E-state index in [9.17, 15) is 13.6 Å². The fraction of sp³-hybridized carbons (Fsp3) is 0.0833. The molecule has 0 spiro atoms. The lowest BCUT2D eigenvalue weighted by atomic mass is 10.1. The lowest BCUT2D eigenvalue weighted by Crippen LogP contribution is -2.04. The molecule has 5 nitrogen and oxygen atoms in total. The first-order valence-corrected chi connectivity index (χ1v) is 5.12. The summed E-state index contributed by atoms with van der Waals surface area (Å²) in [5, 5.41) is 8.75. The second-order valence-electron chi connectivity index (χ2n) is 3.54. The van der Waals surface area contributed by atoms with Crippen molar-refractivity contribution in [2.75, 3.05) is 7.11 Å². The van der Waals surface area contributed by atoms with E-state index >= 15 is 0 Å². The number of carboxylic acid groups (broad SMARTS) is 1. The first-order valence-electron chi connectivity index (χ1n) is 5.12. The minimum Gasteiger partial charge on any atom is -0.494 e. The molecular formula is C12H8F2N2O3. The molecule has 98 valence electrons. The summed E-state index contributed by atoms with van der Waals surface area (Å²) in [6, 6.07) is 3.05. The minimum atomic E-state index is -1.35. The van der Waals surface area contributed by atoms with Gasteiger partial charge in [0.2, 0.25) is 5.82 Å². The minimum absolute atomic E-state index is 0.0218. The van der Waals surface area contributed by atoms with Gasteiger partial charge in [-0.15, -0.1) is 0 Å². The summed E-state index contributed by atoms with van der Waals surface area (Å²) in [5.74, 6) is -3.62. The van der Waals surface area contributed by atoms with Crippen LogP contribution in [-0.4, -0.2) is 28.2 Å². The third kappa shape index (κ3) is 2.49. The van der Waals surface area contributed by atoms with Gasteiger partial charge in [0.1, 0.15) is 5.82 Å². The van der Waals surface area contributed by atoms with E-state index in [1.165, 1.54) is 13.2 Å². The van der Waals surface area contributed by atoms with Gasteiger partial charge in [0, 0.05) is 17.8 Å². The summed E-state index contributed by atoms with van der Waals surface area (Å²) < 4.78 is 31.9. The number of benzene rings is 1. The predicted octanol–water partition coefficient (Wildman–Crippen LogP) is 2.13. The average molecular weight is 266 g/mol. The van der Waals surface area contributed by atoms with Gasteiger partial charge in [-0.1, -0.05) is 0 Å². The normalized spacial score (nSPS) is 10.3. The van der Waals surface area contributed by atoms with Gasteiger partial charge in [0.25, 0.3) is 0 Å². The van der Waals surface area contributed by atoms with Gasteiger partial charge in [-0.3, -0.25) is 0 Å². The molecule has 1 heterocycles. The van der Waals surface area contributed by atoms with E-state index in [-0.39, 0.29) is 17.0 Å². The van der Waals surface area contributed by atoms with Crippen LogP contribution < -0.4 is 4.74 Å². The standard InChI is InChI=1S/C12H8F2N2O3/c1-19-10-5-7(13)6(4-8(10)14)9-2-3-15-11(16-9)12(17)18/h2-5H,1H3,(H,17,18). The van der Waals surface area contributed by atoms with E-state index in [2.05, 4.69) is 14.7 Å². The molecule has 2 aromatic rings. The zero-order valence-corrected chi connectivity index (χ0v) is 9.72. The topological polar surface area (TPSA) is 72.3 Å². The van der Waals surface area contributed by atoms with E-state index in [1.54, 1.807) is 0 Å². The van der Waals surface area contributed by atoms with Gasteiger partial charge < -0.3 is 9.84 Å². The Labute approximate surface area is 106 Å². The second kappa shape index (κ2) is 4.97. The van der Waals surface area contributed by atoms with E-state index in [0.717, 1.165) is 18.3 Å². The molecular weight excluding hydrogens is 258 g/mol. The number of ether oxygens (including phenoxy) is 1. The second-order valence-corrected chi connectivity index (χ2v) is 3.54. The molecule has 0 bridgehead atoms. The van der Waals surface area contributed by atoms with Crippen LogP contribution in [0, 0.1) is 11.6 Å². The molecule has 1 N–H and O–H groups in total. The lowest BCUT2D eigenvalue weighted by molar-refractivity contribution is 0.0683. The molecule has 0 aliphatic heterocycles. The fourth-order valence-corrected chi connectivity index (χ4v) is 1.49. The molecule has 19 heavy (non-hydrogen) atoms. The smallest absolute Gasteiger partial charge is 0.373 e. The van der Waals surface area contributed by atoms with Crippen molar-refractivity contribution in [1.29, 1.82) is 0 Å². The SMILES string of the molecule is COc1cc(F)c(-c2ccnc(C(=O)O)n2)cc1F. The Morgan fingerprint density at radius 1 is 1.32 bits per heavy atom. The number of rotatable bonds is 3. The van der Waals surface area contributed by atoms with Crippen LogP contribution in [0.25, 0.3) is 11.3 Å². The Hall–Kier alpha value is -2.57. The molecule has 0 unspecified atom stereocenters. The van der Waals surface area contributed by atoms with Gasteiger partial charge in [0.15, 0.2) is 11.6 Å². The van der Waals surface area contributed by atoms with Crippen LogP contribution in [0.2, 0.25) is 0 Å². The zero-order chi connectivity index (χ0) is 14.0. The maximum absolute atomic E-state index is 13.8. The summed E-state index contributed by atoms with van der Waals surface area (Å²) in [5.41, 5.74) is -0.186. The van der Waals surface area contributed by atoms with Crippen LogP contribution in [0.3, 0.4) is 0 Å². The van der Waals surface area contributed by atoms with Crippen molar-refractivity contribution in [1.82, 2.24) is 9.97 Å². The van der Waals surface area contributed by atoms with E-state index in [0.29, 0.717) is 0 Å². The maximum atomic E-state index is 13.8. The molecule has 0 radical (unpaired) electrons. The molecule has 0 fully saturated rings. The Balaban J connectivity index is 2.56. The van der Waals surface area contributed by atoms with Crippen LogP contribution in [-0.2, 0) is 0 Å². The third-order valence-corrected chi connectivity index (χ3v) is 2.36. The fourth-order valence-electron chi connectivity index (χ4n) is 1.49. The van der Waals surface area contributed by atoms with Crippen molar-refractivity contribution >= 4 is 5.97 Å². The number of carbonyl (C=O) groups is 1. The highest BCUT2D eigenvalue weighted by Crippen LogP contribution is 2.27. The van der Waals surface area contributed by atoms with Crippen LogP contribution >= 0.6 is 0 Å². The summed E-state index contributed by atoms with van der Waals surface area (Å²) in [6.07, 6.45) is 1.16. The van der Waals surface area contributed by atoms with Crippen molar-refractivity contribution in [2.24, 2.45) is 0 Å². The maximum Gasteiger partial charge on any atom is 0.373 e. The summed E-state index contributed by atoms with van der Waals surface area (Å²) >= 11 is 0. The molecule has 1 aromatic heterocycles. The highest BCUT2D eigenvalue weighted by atomic mass is 19.1. The number of hydrogen-bond donors (Lipinski definition) is 1. The van der Waals surface area contributed by atoms with E-state index in [1.807, 2.05) is 0 Å². The molecule has 0 amide bonds. The van der Waals surface area contributed by atoms with Gasteiger partial charge in [-0.25, -0.2) is 23.5 Å². The molecule has 2 rings (SSSR count). The number of carboxylic acids is 1. The van der Waals surface area contributed by atoms with Crippen LogP contribution in [0.5, 0.6) is 5.75 Å². The predicted molar refractivity (Wildman–Crippen MR) is 60.9 cm³/mol. The van der Waals surface area contributed by atoms with Gasteiger partial charge in [-0.2, -0.15) is 0 Å². The van der Waals surface area contributed by atoms with Crippen LogP contribution in [0.15, 0.2) is 24.4 Å². The van der Waals surface area contributed by atoms with Gasteiger partial charge in [0.05, 0.1) is 12.8 Å². The Morgan fingerprint density at radius 2 is 2.05 bits per heavy atom. The van der Waals surface area contributed by atoms with E-state index in [4.69, 9.17) is 5.11 Å². The monoisotopic (exact) mass is 266 g/mol. The highest BCUT2D eigenvalue weighted by Gasteiger charge is 2.15. The molecule has 0 saturated carbocycles. The van der Waals surface area contributed by atoms with Crippen LogP contribution in [0.4, 0.5) is 8.78 Å². The molecule has 1 aromatic carbocycles. The summed E-state index contributed by atoms with van der Waals surface area (Å²) in [7, 11) is 1.21. The number of halogens is 2. The Kier molecular flexibility index (Phi) is 3.37. The highest BCUT2D eigenvalue weighted by molar-refractivity contribution is 5.83. The quantitative estimate of drug-likeness (QED) is 0.921. The van der Waals surface area contributed by atoms with Crippen molar-refractivity contribution in [3.8, 4) is 17.0 Å². The van der Waals surface area contributed by atoms with Gasteiger partial charge in [-0.05, 0) is 12.1 Å². The molecule has 0 saturated heterocycles. The zero-order valence-electron chi connectivity index (χ0n) is 9.72. The van der Waals surface area contributed by atoms with E-state index < -0.39 is 23.4 Å². The van der Waals surface area contributed by atoms with Crippen LogP contribution in [0.1, 0.15) is 10.6 Å². The van der Waals surface area contributed by atoms with Crippen molar-refractivity contribution < 1.29 is 23.4 Å². The summed E-state index contributed by atoms with van der Waals surface area (Å²) in [6.45, 7) is 0. The Morgan fingerprint density at radius 3 is 2.68 bits per heavy atom. The molecule has 0 aliphatic rings. The molecule has 0 aliphatic carbocycles. The number of aromatic nitrogens is 2. The summed E-state index contributed by atoms with van der Waals surface area (Å²) in [4.78, 5) is 17.9. The first kappa shape index (κ1) is 12.9. The van der Waals surface area contributed by atoms with Crippen molar-refractivity contribution in [3.05, 3.63) is 41.9 Å². The molecule has 7 heteroatoms. The number of nitrogens with zero attached hydrogens (tertiary/aromatic N) is 2. The largest absolute Gasteiger partial charge is 0.494 e. The van der Waals surface area contributed by atoms with Crippen molar-refractivity contribution in [2.45, 2.75) is 0 Å². The van der Waals surface area contributed by atoms with Crippen molar-refractivity contribution in [3.63, 3.8) is 0 Å². The first-order chi connectivity index (χ1) is 9.02. The lowest BCUT2D eigenvalue weighted by Gasteiger charge is -2.07. The third-order valence-electron chi connectivity index (χ3n) is 2.36. The number of methoxy groups -OCH3 is 1. The Bertz CT molecular complexity index is 647. The van der Waals surface area contributed by atoms with Gasteiger partial charge >= 0.3 is 5.97 Å². The number of hydrogen-bond acceptors (Lipinski definition) is 4. The average Bonchev–Trinajstić information content (AvgIpc) is 2.41. The molecule has 0 atom stereocenters. The number of aromatic carboxylic acids is 1.